The summed E-state index contributed by atoms with van der Waals surface area (Å²) in [6, 6.07) is 8.15. The highest BCUT2D eigenvalue weighted by Crippen LogP contribution is 2.21. The zero-order valence-electron chi connectivity index (χ0n) is 17.1. The van der Waals surface area contributed by atoms with E-state index < -0.39 is 0 Å². The first-order valence-electron chi connectivity index (χ1n) is 9.72. The summed E-state index contributed by atoms with van der Waals surface area (Å²) in [6.07, 6.45) is 0. The van der Waals surface area contributed by atoms with E-state index in [1.807, 2.05) is 42.5 Å². The number of aryl methyl sites for hydroxylation is 1. The molecule has 152 valence electrons. The second-order valence-corrected chi connectivity index (χ2v) is 7.90. The van der Waals surface area contributed by atoms with Crippen LogP contribution in [0.1, 0.15) is 23.9 Å². The van der Waals surface area contributed by atoms with Crippen LogP contribution in [0, 0.1) is 19.8 Å². The van der Waals surface area contributed by atoms with E-state index in [0.717, 1.165) is 49.9 Å². The fraction of sp³-hybridized carbons (Fsp3) is 0.524. The minimum Gasteiger partial charge on any atom is -0.497 e. The summed E-state index contributed by atoms with van der Waals surface area (Å²) < 4.78 is 7.14. The second-order valence-electron chi connectivity index (χ2n) is 7.52. The van der Waals surface area contributed by atoms with Crippen LogP contribution in [0.5, 0.6) is 5.75 Å². The van der Waals surface area contributed by atoms with Crippen LogP contribution in [0.2, 0.25) is 5.02 Å². The maximum Gasteiger partial charge on any atom is 0.227 e. The van der Waals surface area contributed by atoms with Gasteiger partial charge in [-0.25, -0.2) is 0 Å². The lowest BCUT2D eigenvalue weighted by molar-refractivity contribution is -0.137. The van der Waals surface area contributed by atoms with Crippen LogP contribution in [0.15, 0.2) is 24.3 Å². The SMILES string of the molecule is COc1cccc(CN2CCN(C(=O)C(C)Cn3nc(C)c(Cl)c3C)CC2)c1. The number of amides is 1. The zero-order valence-corrected chi connectivity index (χ0v) is 17.9. The quantitative estimate of drug-likeness (QED) is 0.742. The number of hydrogen-bond donors (Lipinski definition) is 0. The van der Waals surface area contributed by atoms with Crippen molar-refractivity contribution in [2.24, 2.45) is 5.92 Å². The summed E-state index contributed by atoms with van der Waals surface area (Å²) in [5.74, 6) is 0.938. The van der Waals surface area contributed by atoms with Gasteiger partial charge in [0.25, 0.3) is 0 Å². The van der Waals surface area contributed by atoms with Crippen molar-refractivity contribution >= 4 is 17.5 Å². The van der Waals surface area contributed by atoms with Crippen molar-refractivity contribution in [3.05, 3.63) is 46.2 Å². The Morgan fingerprint density at radius 1 is 1.25 bits per heavy atom. The van der Waals surface area contributed by atoms with Crippen LogP contribution in [-0.2, 0) is 17.9 Å². The minimum absolute atomic E-state index is 0.126. The molecule has 0 spiro atoms. The van der Waals surface area contributed by atoms with Gasteiger partial charge in [-0.1, -0.05) is 30.7 Å². The molecule has 1 aliphatic rings. The van der Waals surface area contributed by atoms with E-state index in [1.54, 1.807) is 7.11 Å². The number of carbonyl (C=O) groups is 1. The summed E-state index contributed by atoms with van der Waals surface area (Å²) in [4.78, 5) is 17.2. The number of benzene rings is 1. The normalized spacial score (nSPS) is 16.2. The summed E-state index contributed by atoms with van der Waals surface area (Å²) in [5, 5.41) is 5.13. The fourth-order valence-electron chi connectivity index (χ4n) is 3.66. The van der Waals surface area contributed by atoms with Gasteiger partial charge in [0.2, 0.25) is 5.91 Å². The fourth-order valence-corrected chi connectivity index (χ4v) is 3.79. The van der Waals surface area contributed by atoms with E-state index in [0.29, 0.717) is 11.6 Å². The van der Waals surface area contributed by atoms with Crippen LogP contribution in [-0.4, -0.2) is 58.8 Å². The van der Waals surface area contributed by atoms with Gasteiger partial charge in [-0.15, -0.1) is 0 Å². The predicted octanol–water partition coefficient (Wildman–Crippen LogP) is 3.14. The van der Waals surface area contributed by atoms with Gasteiger partial charge in [-0.05, 0) is 31.5 Å². The van der Waals surface area contributed by atoms with Gasteiger partial charge in [0, 0.05) is 32.7 Å². The van der Waals surface area contributed by atoms with Crippen LogP contribution < -0.4 is 4.74 Å². The number of rotatable bonds is 6. The topological polar surface area (TPSA) is 50.6 Å². The molecule has 7 heteroatoms. The van der Waals surface area contributed by atoms with E-state index in [1.165, 1.54) is 5.56 Å². The molecule has 0 bridgehead atoms. The largest absolute Gasteiger partial charge is 0.497 e. The van der Waals surface area contributed by atoms with Gasteiger partial charge in [0.05, 0.1) is 36.0 Å². The molecule has 0 N–H and O–H groups in total. The van der Waals surface area contributed by atoms with E-state index in [9.17, 15) is 4.79 Å². The first kappa shape index (κ1) is 20.7. The van der Waals surface area contributed by atoms with Gasteiger partial charge in [0.15, 0.2) is 0 Å². The molecule has 6 nitrogen and oxygen atoms in total. The van der Waals surface area contributed by atoms with Crippen molar-refractivity contribution in [1.82, 2.24) is 19.6 Å². The van der Waals surface area contributed by atoms with Gasteiger partial charge in [-0.3, -0.25) is 14.4 Å². The number of methoxy groups -OCH3 is 1. The second kappa shape index (κ2) is 8.97. The molecular formula is C21H29ClN4O2. The number of ether oxygens (including phenoxy) is 1. The maximum absolute atomic E-state index is 12.9. The molecule has 1 amide bonds. The summed E-state index contributed by atoms with van der Waals surface area (Å²) in [5.41, 5.74) is 2.96. The number of aromatic nitrogens is 2. The van der Waals surface area contributed by atoms with Gasteiger partial charge in [-0.2, -0.15) is 5.10 Å². The third kappa shape index (κ3) is 4.67. The van der Waals surface area contributed by atoms with Crippen LogP contribution in [0.4, 0.5) is 0 Å². The lowest BCUT2D eigenvalue weighted by atomic mass is 10.1. The number of hydrogen-bond acceptors (Lipinski definition) is 4. The van der Waals surface area contributed by atoms with Crippen molar-refractivity contribution in [2.75, 3.05) is 33.3 Å². The molecule has 1 aromatic heterocycles. The molecular weight excluding hydrogens is 376 g/mol. The number of carbonyl (C=O) groups excluding carboxylic acids is 1. The highest BCUT2D eigenvalue weighted by Gasteiger charge is 2.26. The molecule has 28 heavy (non-hydrogen) atoms. The van der Waals surface area contributed by atoms with E-state index in [2.05, 4.69) is 22.1 Å². The van der Waals surface area contributed by atoms with Crippen molar-refractivity contribution in [3.63, 3.8) is 0 Å². The molecule has 3 rings (SSSR count). The summed E-state index contributed by atoms with van der Waals surface area (Å²) in [7, 11) is 1.69. The Hall–Kier alpha value is -2.05. The molecule has 0 aliphatic carbocycles. The van der Waals surface area contributed by atoms with E-state index in [-0.39, 0.29) is 11.8 Å². The highest BCUT2D eigenvalue weighted by molar-refractivity contribution is 6.31. The average Bonchev–Trinajstić information content (AvgIpc) is 2.94. The molecule has 1 unspecified atom stereocenters. The maximum atomic E-state index is 12.9. The Morgan fingerprint density at radius 3 is 2.57 bits per heavy atom. The standard InChI is InChI=1S/C21H29ClN4O2/c1-15(13-26-17(3)20(22)16(2)23-26)21(27)25-10-8-24(9-11-25)14-18-6-5-7-19(12-18)28-4/h5-7,12,15H,8-11,13-14H2,1-4H3. The number of halogens is 1. The average molecular weight is 405 g/mol. The Kier molecular flexibility index (Phi) is 6.62. The van der Waals surface area contributed by atoms with Crippen molar-refractivity contribution in [3.8, 4) is 5.75 Å². The Balaban J connectivity index is 1.52. The van der Waals surface area contributed by atoms with Crippen molar-refractivity contribution in [2.45, 2.75) is 33.9 Å². The molecule has 0 saturated carbocycles. The lowest BCUT2D eigenvalue weighted by Gasteiger charge is -2.36. The van der Waals surface area contributed by atoms with Gasteiger partial charge >= 0.3 is 0 Å². The zero-order chi connectivity index (χ0) is 20.3. The Bertz CT molecular complexity index is 828. The smallest absolute Gasteiger partial charge is 0.227 e. The minimum atomic E-state index is -0.126. The van der Waals surface area contributed by atoms with Crippen molar-refractivity contribution < 1.29 is 9.53 Å². The first-order chi connectivity index (χ1) is 13.4. The monoisotopic (exact) mass is 404 g/mol. The summed E-state index contributed by atoms with van der Waals surface area (Å²) >= 11 is 6.22. The summed E-state index contributed by atoms with van der Waals surface area (Å²) in [6.45, 7) is 10.5. The molecule has 0 radical (unpaired) electrons. The van der Waals surface area contributed by atoms with Gasteiger partial charge in [0.1, 0.15) is 5.75 Å². The van der Waals surface area contributed by atoms with Crippen molar-refractivity contribution in [1.29, 1.82) is 0 Å². The van der Waals surface area contributed by atoms with E-state index in [4.69, 9.17) is 16.3 Å². The first-order valence-corrected chi connectivity index (χ1v) is 10.1. The van der Waals surface area contributed by atoms with Crippen LogP contribution in [0.25, 0.3) is 0 Å². The number of nitrogens with zero attached hydrogens (tertiary/aromatic N) is 4. The molecule has 1 saturated heterocycles. The highest BCUT2D eigenvalue weighted by atomic mass is 35.5. The Labute approximate surface area is 172 Å². The molecule has 2 aromatic rings. The molecule has 1 atom stereocenters. The van der Waals surface area contributed by atoms with E-state index >= 15 is 0 Å². The van der Waals surface area contributed by atoms with Crippen LogP contribution in [0.3, 0.4) is 0 Å². The molecule has 2 heterocycles. The molecule has 1 aliphatic heterocycles. The predicted molar refractivity (Wildman–Crippen MR) is 111 cm³/mol. The number of piperazine rings is 1. The van der Waals surface area contributed by atoms with Gasteiger partial charge < -0.3 is 9.64 Å². The lowest BCUT2D eigenvalue weighted by Crippen LogP contribution is -2.50. The molecule has 1 aromatic carbocycles. The third-order valence-corrected chi connectivity index (χ3v) is 5.93. The Morgan fingerprint density at radius 2 is 1.96 bits per heavy atom. The third-order valence-electron chi connectivity index (χ3n) is 5.39. The van der Waals surface area contributed by atoms with Crippen LogP contribution >= 0.6 is 11.6 Å². The molecule has 1 fully saturated rings.